The summed E-state index contributed by atoms with van der Waals surface area (Å²) < 4.78 is 1.96. The van der Waals surface area contributed by atoms with E-state index >= 15 is 0 Å². The van der Waals surface area contributed by atoms with E-state index in [0.29, 0.717) is 0 Å². The third-order valence-corrected chi connectivity index (χ3v) is 4.51. The van der Waals surface area contributed by atoms with E-state index in [2.05, 4.69) is 59.5 Å². The van der Waals surface area contributed by atoms with Crippen LogP contribution in [0.2, 0.25) is 0 Å². The van der Waals surface area contributed by atoms with Gasteiger partial charge in [0.2, 0.25) is 24.4 Å². The summed E-state index contributed by atoms with van der Waals surface area (Å²) in [5.41, 5.74) is 0. The second-order valence-corrected chi connectivity index (χ2v) is 7.38. The largest absolute Gasteiger partial charge is 2.00 e. The Kier molecular flexibility index (Phi) is 12.9. The number of hydrogen-bond acceptors (Lipinski definition) is 0. The van der Waals surface area contributed by atoms with E-state index < -0.39 is 0 Å². The van der Waals surface area contributed by atoms with E-state index in [0.717, 1.165) is 8.64 Å². The molecule has 2 aliphatic rings. The van der Waals surface area contributed by atoms with Gasteiger partial charge in [0.25, 0.3) is 0 Å². The Morgan fingerprint density at radius 1 is 0.632 bits per heavy atom. The molecule has 2 aliphatic heterocycles. The molecule has 0 aliphatic carbocycles. The molecule has 2 nitrogen and oxygen atoms in total. The molecule has 7 heteroatoms. The van der Waals surface area contributed by atoms with Gasteiger partial charge < -0.3 is 0 Å². The van der Waals surface area contributed by atoms with Crippen LogP contribution < -0.4 is 0 Å². The molecule has 2 rings (SSSR count). The van der Waals surface area contributed by atoms with Crippen molar-refractivity contribution < 1.29 is 19.5 Å². The molecular weight excluding hydrogens is 401 g/mol. The quantitative estimate of drug-likeness (QED) is 0.227. The minimum atomic E-state index is 0. The summed E-state index contributed by atoms with van der Waals surface area (Å²) in [6, 6.07) is 0. The first-order chi connectivity index (χ1) is 8.61. The van der Waals surface area contributed by atoms with Crippen molar-refractivity contribution in [2.75, 3.05) is 26.2 Å². The van der Waals surface area contributed by atoms with Crippen molar-refractivity contribution in [3.8, 4) is 0 Å². The Morgan fingerprint density at radius 2 is 0.895 bits per heavy atom. The predicted molar refractivity (Wildman–Crippen MR) is 98.7 cm³/mol. The third kappa shape index (κ3) is 9.12. The van der Waals surface area contributed by atoms with Crippen LogP contribution in [-0.4, -0.2) is 44.6 Å². The van der Waals surface area contributed by atoms with Crippen molar-refractivity contribution in [3.05, 3.63) is 0 Å². The number of likely N-dealkylation sites (tertiary alicyclic amines) is 2. The number of piperidine rings is 2. The first-order valence-corrected chi connectivity index (χ1v) is 8.55. The summed E-state index contributed by atoms with van der Waals surface area (Å²) in [5, 5.41) is 0. The van der Waals surface area contributed by atoms with Gasteiger partial charge in [-0.05, 0) is 25.7 Å². The summed E-state index contributed by atoms with van der Waals surface area (Å²) in [4.78, 5) is 4.51. The molecule has 0 spiro atoms. The molecule has 0 N–H and O–H groups in total. The van der Waals surface area contributed by atoms with Gasteiger partial charge in [-0.15, -0.1) is 0 Å². The molecular formula is C12H26N2RuS4+6. The van der Waals surface area contributed by atoms with Crippen LogP contribution >= 0.6 is 0 Å². The van der Waals surface area contributed by atoms with Crippen LogP contribution in [0.4, 0.5) is 0 Å². The van der Waals surface area contributed by atoms with Crippen molar-refractivity contribution in [2.24, 2.45) is 0 Å². The van der Waals surface area contributed by atoms with Gasteiger partial charge in [0, 0.05) is 26.2 Å². The van der Waals surface area contributed by atoms with Crippen LogP contribution in [0.15, 0.2) is 0 Å². The fraction of sp³-hybridized carbons (Fsp3) is 0.833. The summed E-state index contributed by atoms with van der Waals surface area (Å²) >= 11 is 15.2. The second-order valence-electron chi connectivity index (χ2n) is 4.74. The maximum absolute atomic E-state index is 4.20. The average Bonchev–Trinajstić information content (AvgIpc) is 2.41. The van der Waals surface area contributed by atoms with Gasteiger partial charge in [0.15, 0.2) is 0 Å². The van der Waals surface area contributed by atoms with Gasteiger partial charge in [0.1, 0.15) is 0 Å². The zero-order valence-electron chi connectivity index (χ0n) is 11.2. The monoisotopic (exact) mass is 428 g/mol. The van der Waals surface area contributed by atoms with Gasteiger partial charge in [-0.3, -0.25) is 0 Å². The number of rotatable bonds is 0. The molecule has 2 fully saturated rings. The van der Waals surface area contributed by atoms with Gasteiger partial charge in [-0.1, -0.05) is 12.8 Å². The smallest absolute Gasteiger partial charge is 0.184 e. The summed E-state index contributed by atoms with van der Waals surface area (Å²) in [7, 11) is 0. The van der Waals surface area contributed by atoms with Crippen LogP contribution in [0.5, 0.6) is 0 Å². The molecule has 0 aromatic heterocycles. The van der Waals surface area contributed by atoms with Crippen LogP contribution in [0.25, 0.3) is 0 Å². The molecule has 0 aromatic carbocycles. The topological polar surface area (TPSA) is 6.48 Å². The van der Waals surface area contributed by atoms with E-state index in [1.807, 2.05) is 0 Å². The molecule has 0 atom stereocenters. The summed E-state index contributed by atoms with van der Waals surface area (Å²) in [6.45, 7) is 4.68. The molecule has 110 valence electrons. The summed E-state index contributed by atoms with van der Waals surface area (Å²) in [5.74, 6) is 0. The third-order valence-electron chi connectivity index (χ3n) is 3.31. The predicted octanol–water partition coefficient (Wildman–Crippen LogP) is -0.302. The van der Waals surface area contributed by atoms with E-state index in [4.69, 9.17) is 0 Å². The van der Waals surface area contributed by atoms with Crippen LogP contribution in [0, 0.1) is 0 Å². The van der Waals surface area contributed by atoms with Gasteiger partial charge >= 0.3 is 28.1 Å². The van der Waals surface area contributed by atoms with E-state index in [1.165, 1.54) is 64.7 Å². The number of thiol groups is 2. The first kappa shape index (κ1) is 20.4. The Hall–Kier alpha value is 1.42. The summed E-state index contributed by atoms with van der Waals surface area (Å²) in [6.07, 6.45) is 8.01. The number of hydrogen-bond donors (Lipinski definition) is 0. The van der Waals surface area contributed by atoms with Crippen molar-refractivity contribution >= 4 is 58.3 Å². The fourth-order valence-electron chi connectivity index (χ4n) is 2.21. The van der Waals surface area contributed by atoms with Crippen molar-refractivity contribution in [1.29, 1.82) is 0 Å². The van der Waals surface area contributed by atoms with E-state index in [-0.39, 0.29) is 19.5 Å². The number of nitrogens with zero attached hydrogens (tertiary/aromatic N) is 2. The minimum absolute atomic E-state index is 0. The van der Waals surface area contributed by atoms with Gasteiger partial charge in [-0.2, -0.15) is 9.80 Å². The normalized spacial score (nSPS) is 20.7. The van der Waals surface area contributed by atoms with Gasteiger partial charge in [0.05, 0.1) is 25.3 Å². The van der Waals surface area contributed by atoms with Gasteiger partial charge in [-0.25, -0.2) is 0 Å². The SMILES string of the molecule is [Ru+2].[SH+]=C([SH2+])N1CCCCC1.[SH+]=C([SH2+])N1CCCCC1. The zero-order chi connectivity index (χ0) is 13.4. The van der Waals surface area contributed by atoms with Crippen molar-refractivity contribution in [3.63, 3.8) is 0 Å². The van der Waals surface area contributed by atoms with Crippen LogP contribution in [0.3, 0.4) is 0 Å². The second kappa shape index (κ2) is 12.0. The maximum atomic E-state index is 4.20. The standard InChI is InChI=1S/2C6H11NS2.Ru/c2*8-6(9)7-4-2-1-3-5-7;/h2*1-5H2,(H,8,9);/q;;+2/p+4. The molecule has 0 aromatic rings. The molecule has 0 unspecified atom stereocenters. The molecule has 19 heavy (non-hydrogen) atoms. The molecule has 2 saturated heterocycles. The molecule has 2 heterocycles. The van der Waals surface area contributed by atoms with Crippen molar-refractivity contribution in [2.45, 2.75) is 38.5 Å². The van der Waals surface area contributed by atoms with Crippen LogP contribution in [-0.2, 0) is 69.2 Å². The molecule has 0 saturated carbocycles. The minimum Gasteiger partial charge on any atom is -0.184 e. The van der Waals surface area contributed by atoms with Crippen molar-refractivity contribution in [1.82, 2.24) is 9.80 Å². The van der Waals surface area contributed by atoms with E-state index in [1.54, 1.807) is 0 Å². The molecule has 0 bridgehead atoms. The Labute approximate surface area is 151 Å². The zero-order valence-corrected chi connectivity index (χ0v) is 16.7. The molecule has 0 radical (unpaired) electrons. The fourth-order valence-corrected chi connectivity index (χ4v) is 3.06. The Morgan fingerprint density at radius 3 is 1.05 bits per heavy atom. The van der Waals surface area contributed by atoms with E-state index in [9.17, 15) is 0 Å². The Bertz CT molecular complexity index is 249. The Balaban J connectivity index is 0.000000324. The average molecular weight is 428 g/mol. The molecule has 0 amide bonds. The van der Waals surface area contributed by atoms with Crippen LogP contribution in [0.1, 0.15) is 38.5 Å². The maximum Gasteiger partial charge on any atom is 2.00 e. The first-order valence-electron chi connectivity index (χ1n) is 6.66.